The van der Waals surface area contributed by atoms with E-state index in [1.54, 1.807) is 7.05 Å². The fourth-order valence-corrected chi connectivity index (χ4v) is 0.468. The highest BCUT2D eigenvalue weighted by atomic mass is 15.4. The molecule has 2 N–H and O–H groups in total. The molecule has 4 heteroatoms. The Morgan fingerprint density at radius 3 is 1.67 bits per heavy atom. The second-order valence-electron chi connectivity index (χ2n) is 1.68. The van der Waals surface area contributed by atoms with Crippen LogP contribution in [0, 0.1) is 6.92 Å². The molecule has 0 spiro atoms. The highest BCUT2D eigenvalue weighted by Gasteiger charge is 1.97. The van der Waals surface area contributed by atoms with E-state index in [2.05, 4.69) is 10.3 Å². The summed E-state index contributed by atoms with van der Waals surface area (Å²) in [6.07, 6.45) is 0. The van der Waals surface area contributed by atoms with E-state index in [1.807, 2.05) is 34.6 Å². The number of nitrogens with zero attached hydrogens (tertiary/aromatic N) is 3. The number of aryl methyl sites for hydroxylation is 2. The van der Waals surface area contributed by atoms with E-state index in [4.69, 9.17) is 5.73 Å². The molecule has 1 aromatic heterocycles. The summed E-state index contributed by atoms with van der Waals surface area (Å²) < 4.78 is 1.54. The van der Waals surface area contributed by atoms with Crippen LogP contribution in [0.3, 0.4) is 0 Å². The Kier molecular flexibility index (Phi) is 9.06. The maximum atomic E-state index is 5.44. The first kappa shape index (κ1) is 13.5. The van der Waals surface area contributed by atoms with Crippen molar-refractivity contribution in [3.63, 3.8) is 0 Å². The van der Waals surface area contributed by atoms with E-state index in [0.717, 1.165) is 5.69 Å². The molecule has 0 aromatic carbocycles. The van der Waals surface area contributed by atoms with Crippen LogP contribution in [-0.2, 0) is 7.05 Å². The molecule has 0 amide bonds. The lowest BCUT2D eigenvalue weighted by Gasteiger charge is -1.88. The molecule has 1 aromatic rings. The van der Waals surface area contributed by atoms with E-state index >= 15 is 0 Å². The highest BCUT2D eigenvalue weighted by Crippen LogP contribution is 2.00. The van der Waals surface area contributed by atoms with Gasteiger partial charge in [0.05, 0.1) is 0 Å². The quantitative estimate of drug-likeness (QED) is 0.648. The fraction of sp³-hybridized carbons (Fsp3) is 0.750. The molecule has 72 valence electrons. The molecule has 12 heavy (non-hydrogen) atoms. The Balaban J connectivity index is 0. The van der Waals surface area contributed by atoms with Crippen molar-refractivity contribution < 1.29 is 0 Å². The summed E-state index contributed by atoms with van der Waals surface area (Å²) in [6, 6.07) is 0. The van der Waals surface area contributed by atoms with Crippen LogP contribution in [0.15, 0.2) is 0 Å². The minimum Gasteiger partial charge on any atom is -0.382 e. The zero-order chi connectivity index (χ0) is 10.1. The number of rotatable bonds is 0. The fourth-order valence-electron chi connectivity index (χ4n) is 0.468. The topological polar surface area (TPSA) is 56.7 Å². The van der Waals surface area contributed by atoms with Crippen LogP contribution in [0.25, 0.3) is 0 Å². The maximum Gasteiger partial charge on any atom is 0.144 e. The number of aromatic nitrogens is 3. The minimum absolute atomic E-state index is 0.630. The molecule has 0 aliphatic carbocycles. The Hall–Kier alpha value is -1.06. The van der Waals surface area contributed by atoms with Gasteiger partial charge in [-0.15, -0.1) is 5.10 Å². The monoisotopic (exact) mass is 172 g/mol. The van der Waals surface area contributed by atoms with Crippen LogP contribution in [0.5, 0.6) is 0 Å². The van der Waals surface area contributed by atoms with Gasteiger partial charge in [0, 0.05) is 7.05 Å². The van der Waals surface area contributed by atoms with Crippen molar-refractivity contribution in [1.82, 2.24) is 15.0 Å². The lowest BCUT2D eigenvalue weighted by Crippen LogP contribution is -1.97. The van der Waals surface area contributed by atoms with Crippen LogP contribution >= 0.6 is 0 Å². The van der Waals surface area contributed by atoms with E-state index in [0.29, 0.717) is 5.82 Å². The van der Waals surface area contributed by atoms with Gasteiger partial charge < -0.3 is 5.73 Å². The zero-order valence-electron chi connectivity index (χ0n) is 8.92. The molecule has 4 nitrogen and oxygen atoms in total. The van der Waals surface area contributed by atoms with Crippen molar-refractivity contribution in [2.24, 2.45) is 7.05 Å². The normalized spacial score (nSPS) is 7.50. The van der Waals surface area contributed by atoms with Crippen molar-refractivity contribution in [3.8, 4) is 0 Å². The van der Waals surface area contributed by atoms with Gasteiger partial charge in [-0.25, -0.2) is 4.68 Å². The molecular weight excluding hydrogens is 152 g/mol. The molecule has 1 heterocycles. The number of hydrogen-bond acceptors (Lipinski definition) is 3. The average molecular weight is 172 g/mol. The Morgan fingerprint density at radius 2 is 1.58 bits per heavy atom. The largest absolute Gasteiger partial charge is 0.382 e. The van der Waals surface area contributed by atoms with Gasteiger partial charge >= 0.3 is 0 Å². The summed E-state index contributed by atoms with van der Waals surface area (Å²) in [4.78, 5) is 0. The molecular formula is C8H20N4. The van der Waals surface area contributed by atoms with Gasteiger partial charge in [0.25, 0.3) is 0 Å². The van der Waals surface area contributed by atoms with E-state index < -0.39 is 0 Å². The van der Waals surface area contributed by atoms with Crippen LogP contribution < -0.4 is 5.73 Å². The van der Waals surface area contributed by atoms with Gasteiger partial charge in [-0.3, -0.25) is 0 Å². The van der Waals surface area contributed by atoms with Crippen molar-refractivity contribution in [3.05, 3.63) is 5.69 Å². The summed E-state index contributed by atoms with van der Waals surface area (Å²) >= 11 is 0. The second-order valence-corrected chi connectivity index (χ2v) is 1.68. The Bertz CT molecular complexity index is 173. The summed E-state index contributed by atoms with van der Waals surface area (Å²) in [5, 5.41) is 7.36. The van der Waals surface area contributed by atoms with E-state index in [-0.39, 0.29) is 0 Å². The maximum absolute atomic E-state index is 5.44. The average Bonchev–Trinajstić information content (AvgIpc) is 2.43. The lowest BCUT2D eigenvalue weighted by atomic mass is 10.5. The van der Waals surface area contributed by atoms with Gasteiger partial charge in [-0.1, -0.05) is 32.9 Å². The molecule has 0 aliphatic rings. The summed E-state index contributed by atoms with van der Waals surface area (Å²) in [5.41, 5.74) is 6.22. The van der Waals surface area contributed by atoms with Crippen molar-refractivity contribution >= 4 is 5.82 Å². The predicted molar refractivity (Wildman–Crippen MR) is 52.8 cm³/mol. The number of hydrogen-bond donors (Lipinski definition) is 1. The van der Waals surface area contributed by atoms with Crippen LogP contribution in [0.1, 0.15) is 33.4 Å². The highest BCUT2D eigenvalue weighted by molar-refractivity contribution is 5.31. The minimum atomic E-state index is 0.630. The summed E-state index contributed by atoms with van der Waals surface area (Å²) in [7, 11) is 1.76. The number of anilines is 1. The summed E-state index contributed by atoms with van der Waals surface area (Å²) in [5.74, 6) is 0.630. The molecule has 0 radical (unpaired) electrons. The standard InChI is InChI=1S/C4H8N4.2C2H6/c1-3-4(5)8(2)7-6-3;2*1-2/h5H2,1-2H3;2*1-2H3. The Labute approximate surface area is 74.8 Å². The first-order valence-corrected chi connectivity index (χ1v) is 4.33. The molecule has 0 bridgehead atoms. The van der Waals surface area contributed by atoms with Crippen LogP contribution in [0.4, 0.5) is 5.82 Å². The summed E-state index contributed by atoms with van der Waals surface area (Å²) in [6.45, 7) is 9.82. The third kappa shape index (κ3) is 3.95. The number of nitrogens with two attached hydrogens (primary N) is 1. The SMILES string of the molecule is CC.CC.Cc1nnn(C)c1N. The van der Waals surface area contributed by atoms with Crippen molar-refractivity contribution in [2.75, 3.05) is 5.73 Å². The molecule has 0 unspecified atom stereocenters. The van der Waals surface area contributed by atoms with Gasteiger partial charge in [0.2, 0.25) is 0 Å². The number of nitrogen functional groups attached to an aromatic ring is 1. The van der Waals surface area contributed by atoms with Gasteiger partial charge in [0.1, 0.15) is 11.5 Å². The molecule has 0 fully saturated rings. The van der Waals surface area contributed by atoms with Gasteiger partial charge in [-0.2, -0.15) is 0 Å². The van der Waals surface area contributed by atoms with E-state index in [9.17, 15) is 0 Å². The third-order valence-electron chi connectivity index (χ3n) is 1.05. The van der Waals surface area contributed by atoms with Crippen LogP contribution in [-0.4, -0.2) is 15.0 Å². The smallest absolute Gasteiger partial charge is 0.144 e. The van der Waals surface area contributed by atoms with Gasteiger partial charge in [0.15, 0.2) is 0 Å². The van der Waals surface area contributed by atoms with Crippen LogP contribution in [0.2, 0.25) is 0 Å². The second kappa shape index (κ2) is 8.04. The predicted octanol–water partition coefficient (Wildman–Crippen LogP) is 1.76. The van der Waals surface area contributed by atoms with Gasteiger partial charge in [-0.05, 0) is 6.92 Å². The first-order valence-electron chi connectivity index (χ1n) is 4.33. The third-order valence-corrected chi connectivity index (χ3v) is 1.05. The van der Waals surface area contributed by atoms with Crippen molar-refractivity contribution in [1.29, 1.82) is 0 Å². The molecule has 1 rings (SSSR count). The molecule has 0 aliphatic heterocycles. The molecule has 0 atom stereocenters. The molecule has 0 saturated carbocycles. The van der Waals surface area contributed by atoms with E-state index in [1.165, 1.54) is 4.68 Å². The molecule has 0 saturated heterocycles. The Morgan fingerprint density at radius 1 is 1.17 bits per heavy atom. The zero-order valence-corrected chi connectivity index (χ0v) is 8.92. The lowest BCUT2D eigenvalue weighted by molar-refractivity contribution is 0.721. The first-order chi connectivity index (χ1) is 5.72. The van der Waals surface area contributed by atoms with Crippen molar-refractivity contribution in [2.45, 2.75) is 34.6 Å².